The number of nitrogens with zero attached hydrogens (tertiary/aromatic N) is 1. The van der Waals surface area contributed by atoms with Gasteiger partial charge < -0.3 is 4.67 Å². The van der Waals surface area contributed by atoms with Crippen LogP contribution in [0.25, 0.3) is 0 Å². The smallest absolute Gasteiger partial charge is 0.0490 e. The topological polar surface area (TPSA) is 15.3 Å². The van der Waals surface area contributed by atoms with Gasteiger partial charge in [0.05, 0.1) is 0 Å². The molecule has 0 bridgehead atoms. The van der Waals surface area contributed by atoms with Gasteiger partial charge in [-0.15, -0.1) is 0 Å². The van der Waals surface area contributed by atoms with Crippen molar-refractivity contribution < 1.29 is 0 Å². The van der Waals surface area contributed by atoms with Crippen molar-refractivity contribution in [3.05, 3.63) is 29.3 Å². The Kier molecular flexibility index (Phi) is 4.06. The molecular weight excluding hydrogens is 227 g/mol. The fourth-order valence-corrected chi connectivity index (χ4v) is 3.37. The average Bonchev–Trinajstić information content (AvgIpc) is 2.80. The summed E-state index contributed by atoms with van der Waals surface area (Å²) in [7, 11) is 0.739. The molecule has 1 aromatic rings. The highest BCUT2D eigenvalue weighted by molar-refractivity contribution is 7.38. The molecule has 1 atom stereocenters. The summed E-state index contributed by atoms with van der Waals surface area (Å²) in [5, 5.41) is 3.46. The fraction of sp³-hybridized carbons (Fsp3) is 0.571. The number of hydrogen-bond donors (Lipinski definition) is 1. The fourth-order valence-electron chi connectivity index (χ4n) is 2.37. The van der Waals surface area contributed by atoms with Gasteiger partial charge in [-0.1, -0.05) is 45.9 Å². The Morgan fingerprint density at radius 1 is 1.12 bits per heavy atom. The zero-order valence-electron chi connectivity index (χ0n) is 11.2. The van der Waals surface area contributed by atoms with E-state index in [9.17, 15) is 0 Å². The first-order valence-corrected chi connectivity index (χ1v) is 7.44. The van der Waals surface area contributed by atoms with Gasteiger partial charge in [-0.25, -0.2) is 0 Å². The van der Waals surface area contributed by atoms with Gasteiger partial charge in [-0.05, 0) is 23.0 Å². The summed E-state index contributed by atoms with van der Waals surface area (Å²) in [5.41, 5.74) is 4.47. The number of para-hydroxylation sites is 1. The summed E-state index contributed by atoms with van der Waals surface area (Å²) in [6.45, 7) is 11.4. The molecule has 94 valence electrons. The number of nitrogens with one attached hydrogen (secondary N) is 1. The second-order valence-electron chi connectivity index (χ2n) is 5.28. The number of anilines is 1. The van der Waals surface area contributed by atoms with Crippen LogP contribution in [-0.2, 0) is 0 Å². The van der Waals surface area contributed by atoms with E-state index in [1.165, 1.54) is 16.8 Å². The van der Waals surface area contributed by atoms with E-state index in [2.05, 4.69) is 55.7 Å². The largest absolute Gasteiger partial charge is 0.339 e. The molecule has 3 heteroatoms. The average molecular weight is 250 g/mol. The van der Waals surface area contributed by atoms with Crippen LogP contribution in [0.4, 0.5) is 5.69 Å². The van der Waals surface area contributed by atoms with E-state index in [0.29, 0.717) is 11.8 Å². The van der Waals surface area contributed by atoms with Gasteiger partial charge in [0.15, 0.2) is 0 Å². The Hall–Kier alpha value is -0.590. The second-order valence-corrected chi connectivity index (χ2v) is 6.40. The van der Waals surface area contributed by atoms with Crippen molar-refractivity contribution in [2.45, 2.75) is 39.5 Å². The zero-order valence-corrected chi connectivity index (χ0v) is 12.2. The maximum atomic E-state index is 3.46. The SMILES string of the molecule is CC(C)c1cccc(C(C)C)c1N1CCNP1. The lowest BCUT2D eigenvalue weighted by Crippen LogP contribution is -2.15. The first-order valence-electron chi connectivity index (χ1n) is 6.50. The van der Waals surface area contributed by atoms with Crippen LogP contribution in [0.2, 0.25) is 0 Å². The van der Waals surface area contributed by atoms with Crippen LogP contribution in [-0.4, -0.2) is 13.1 Å². The third-order valence-electron chi connectivity index (χ3n) is 3.29. The van der Waals surface area contributed by atoms with E-state index in [1.807, 2.05) is 0 Å². The quantitative estimate of drug-likeness (QED) is 0.820. The van der Waals surface area contributed by atoms with Crippen LogP contribution >= 0.6 is 8.88 Å². The van der Waals surface area contributed by atoms with Crippen LogP contribution in [0.1, 0.15) is 50.7 Å². The van der Waals surface area contributed by atoms with Gasteiger partial charge >= 0.3 is 0 Å². The highest BCUT2D eigenvalue weighted by Crippen LogP contribution is 2.40. The highest BCUT2D eigenvalue weighted by Gasteiger charge is 2.21. The molecule has 1 aliphatic heterocycles. The maximum absolute atomic E-state index is 3.46. The minimum Gasteiger partial charge on any atom is -0.339 e. The molecule has 0 saturated carbocycles. The van der Waals surface area contributed by atoms with Crippen LogP contribution in [0.5, 0.6) is 0 Å². The van der Waals surface area contributed by atoms with Crippen LogP contribution in [0.15, 0.2) is 18.2 Å². The summed E-state index contributed by atoms with van der Waals surface area (Å²) in [6.07, 6.45) is 0. The lowest BCUT2D eigenvalue weighted by atomic mass is 9.92. The van der Waals surface area contributed by atoms with Gasteiger partial charge in [0.2, 0.25) is 0 Å². The standard InChI is InChI=1S/C14H23N2P/c1-10(2)12-6-5-7-13(11(3)4)14(12)16-9-8-15-17-16/h5-7,10-11,15,17H,8-9H2,1-4H3. The molecule has 1 saturated heterocycles. The molecule has 0 amide bonds. The van der Waals surface area contributed by atoms with Crippen molar-refractivity contribution in [1.82, 2.24) is 5.09 Å². The van der Waals surface area contributed by atoms with Gasteiger partial charge in [0.25, 0.3) is 0 Å². The minimum atomic E-state index is 0.592. The van der Waals surface area contributed by atoms with E-state index in [1.54, 1.807) is 0 Å². The molecule has 1 aliphatic rings. The van der Waals surface area contributed by atoms with Gasteiger partial charge in [-0.3, -0.25) is 5.09 Å². The molecule has 0 radical (unpaired) electrons. The maximum Gasteiger partial charge on any atom is 0.0490 e. The van der Waals surface area contributed by atoms with E-state index in [-0.39, 0.29) is 0 Å². The Morgan fingerprint density at radius 2 is 1.71 bits per heavy atom. The van der Waals surface area contributed by atoms with Crippen LogP contribution in [0, 0.1) is 0 Å². The molecule has 0 aliphatic carbocycles. The summed E-state index contributed by atoms with van der Waals surface area (Å²) in [5.74, 6) is 1.18. The van der Waals surface area contributed by atoms with E-state index in [4.69, 9.17) is 0 Å². The normalized spacial score (nSPS) is 17.6. The third-order valence-corrected chi connectivity index (χ3v) is 4.41. The monoisotopic (exact) mass is 250 g/mol. The lowest BCUT2D eigenvalue weighted by Gasteiger charge is -2.27. The predicted octanol–water partition coefficient (Wildman–Crippen LogP) is 3.85. The first-order chi connectivity index (χ1) is 8.11. The van der Waals surface area contributed by atoms with Crippen LogP contribution in [0.3, 0.4) is 0 Å². The number of rotatable bonds is 3. The van der Waals surface area contributed by atoms with Crippen molar-refractivity contribution in [3.8, 4) is 0 Å². The Labute approximate surface area is 107 Å². The highest BCUT2D eigenvalue weighted by atomic mass is 31.1. The van der Waals surface area contributed by atoms with Crippen molar-refractivity contribution >= 4 is 14.6 Å². The lowest BCUT2D eigenvalue weighted by molar-refractivity contribution is 0.825. The van der Waals surface area contributed by atoms with E-state index in [0.717, 1.165) is 22.0 Å². The zero-order chi connectivity index (χ0) is 12.4. The molecule has 1 unspecified atom stereocenters. The van der Waals surface area contributed by atoms with Crippen molar-refractivity contribution in [2.75, 3.05) is 17.8 Å². The first kappa shape index (κ1) is 12.9. The second kappa shape index (κ2) is 5.37. The summed E-state index contributed by atoms with van der Waals surface area (Å²) in [6, 6.07) is 6.78. The molecular formula is C14H23N2P. The Morgan fingerprint density at radius 3 is 2.12 bits per heavy atom. The van der Waals surface area contributed by atoms with E-state index >= 15 is 0 Å². The van der Waals surface area contributed by atoms with Gasteiger partial charge in [0, 0.05) is 27.7 Å². The van der Waals surface area contributed by atoms with Crippen molar-refractivity contribution in [1.29, 1.82) is 0 Å². The van der Waals surface area contributed by atoms with E-state index < -0.39 is 0 Å². The summed E-state index contributed by atoms with van der Waals surface area (Å²) < 4.78 is 2.52. The molecule has 1 aromatic carbocycles. The third kappa shape index (κ3) is 2.64. The summed E-state index contributed by atoms with van der Waals surface area (Å²) in [4.78, 5) is 0. The molecule has 1 fully saturated rings. The van der Waals surface area contributed by atoms with Crippen molar-refractivity contribution in [2.24, 2.45) is 0 Å². The van der Waals surface area contributed by atoms with Gasteiger partial charge in [0.1, 0.15) is 0 Å². The molecule has 1 heterocycles. The molecule has 0 aromatic heterocycles. The minimum absolute atomic E-state index is 0.592. The molecule has 2 rings (SSSR count). The molecule has 1 N–H and O–H groups in total. The summed E-state index contributed by atoms with van der Waals surface area (Å²) >= 11 is 0. The predicted molar refractivity (Wildman–Crippen MR) is 78.3 cm³/mol. The Bertz CT molecular complexity index is 356. The van der Waals surface area contributed by atoms with Gasteiger partial charge in [-0.2, -0.15) is 0 Å². The number of hydrogen-bond acceptors (Lipinski definition) is 2. The molecule has 17 heavy (non-hydrogen) atoms. The van der Waals surface area contributed by atoms with Crippen molar-refractivity contribution in [3.63, 3.8) is 0 Å². The molecule has 2 nitrogen and oxygen atoms in total. The van der Waals surface area contributed by atoms with Crippen LogP contribution < -0.4 is 9.76 Å². The number of benzene rings is 1. The Balaban J connectivity index is 2.49. The molecule has 0 spiro atoms.